The summed E-state index contributed by atoms with van der Waals surface area (Å²) in [5.74, 6) is 0.270. The molecule has 0 bridgehead atoms. The molecule has 2 heterocycles. The molecule has 5 heteroatoms. The summed E-state index contributed by atoms with van der Waals surface area (Å²) < 4.78 is 15.9. The first-order valence-electron chi connectivity index (χ1n) is 10.9. The van der Waals surface area contributed by atoms with Crippen molar-refractivity contribution in [3.63, 3.8) is 0 Å². The number of hydrogen-bond acceptors (Lipinski definition) is 2. The molecule has 30 heavy (non-hydrogen) atoms. The van der Waals surface area contributed by atoms with Crippen molar-refractivity contribution in [2.75, 3.05) is 13.1 Å². The van der Waals surface area contributed by atoms with Crippen molar-refractivity contribution < 1.29 is 9.18 Å². The van der Waals surface area contributed by atoms with Crippen molar-refractivity contribution >= 4 is 16.8 Å². The van der Waals surface area contributed by atoms with Gasteiger partial charge in [0.15, 0.2) is 0 Å². The first-order chi connectivity index (χ1) is 14.6. The number of hydrogen-bond donors (Lipinski definition) is 1. The first kappa shape index (κ1) is 20.6. The van der Waals surface area contributed by atoms with E-state index in [0.29, 0.717) is 17.9 Å². The molecule has 1 aliphatic heterocycles. The summed E-state index contributed by atoms with van der Waals surface area (Å²) in [5.41, 5.74) is 3.17. The van der Waals surface area contributed by atoms with E-state index in [4.69, 9.17) is 0 Å². The minimum Gasteiger partial charge on any atom is -0.352 e. The van der Waals surface area contributed by atoms with Gasteiger partial charge in [-0.25, -0.2) is 4.39 Å². The van der Waals surface area contributed by atoms with Gasteiger partial charge in [-0.2, -0.15) is 0 Å². The Labute approximate surface area is 177 Å². The SMILES string of the molecule is Cn1cc(CN2CCC[C@H](CCC(=O)NCc3ccccc3F)C2)c2ccccc21. The van der Waals surface area contributed by atoms with Crippen LogP contribution in [-0.4, -0.2) is 28.5 Å². The summed E-state index contributed by atoms with van der Waals surface area (Å²) in [6.07, 6.45) is 5.97. The van der Waals surface area contributed by atoms with Crippen LogP contribution in [0.3, 0.4) is 0 Å². The third-order valence-electron chi connectivity index (χ3n) is 6.19. The molecule has 1 amide bonds. The van der Waals surface area contributed by atoms with Crippen LogP contribution >= 0.6 is 0 Å². The highest BCUT2D eigenvalue weighted by atomic mass is 19.1. The third-order valence-corrected chi connectivity index (χ3v) is 6.19. The summed E-state index contributed by atoms with van der Waals surface area (Å²) in [6, 6.07) is 15.1. The normalized spacial score (nSPS) is 17.3. The largest absolute Gasteiger partial charge is 0.352 e. The lowest BCUT2D eigenvalue weighted by Crippen LogP contribution is -2.35. The van der Waals surface area contributed by atoms with Gasteiger partial charge in [0.05, 0.1) is 0 Å². The van der Waals surface area contributed by atoms with E-state index in [2.05, 4.69) is 52.3 Å². The average molecular weight is 408 g/mol. The van der Waals surface area contributed by atoms with Crippen molar-refractivity contribution in [3.05, 3.63) is 71.7 Å². The number of amides is 1. The predicted molar refractivity (Wildman–Crippen MR) is 118 cm³/mol. The van der Waals surface area contributed by atoms with Gasteiger partial charge in [0.1, 0.15) is 5.82 Å². The van der Waals surface area contributed by atoms with E-state index in [9.17, 15) is 9.18 Å². The third kappa shape index (κ3) is 4.90. The quantitative estimate of drug-likeness (QED) is 0.620. The van der Waals surface area contributed by atoms with Crippen LogP contribution in [0, 0.1) is 11.7 Å². The minimum absolute atomic E-state index is 0.00410. The van der Waals surface area contributed by atoms with Gasteiger partial charge in [0, 0.05) is 55.8 Å². The van der Waals surface area contributed by atoms with Crippen LogP contribution in [0.25, 0.3) is 10.9 Å². The fourth-order valence-electron chi connectivity index (χ4n) is 4.58. The van der Waals surface area contributed by atoms with Crippen LogP contribution < -0.4 is 5.32 Å². The molecule has 1 aromatic heterocycles. The lowest BCUT2D eigenvalue weighted by atomic mass is 9.93. The number of piperidine rings is 1. The zero-order chi connectivity index (χ0) is 20.9. The van der Waals surface area contributed by atoms with E-state index in [-0.39, 0.29) is 18.3 Å². The van der Waals surface area contributed by atoms with Gasteiger partial charge >= 0.3 is 0 Å². The number of fused-ring (bicyclic) bond motifs is 1. The Morgan fingerprint density at radius 3 is 2.80 bits per heavy atom. The van der Waals surface area contributed by atoms with Crippen LogP contribution in [0.4, 0.5) is 4.39 Å². The maximum absolute atomic E-state index is 13.7. The summed E-state index contributed by atoms with van der Waals surface area (Å²) >= 11 is 0. The molecule has 3 aromatic rings. The molecule has 4 nitrogen and oxygen atoms in total. The zero-order valence-corrected chi connectivity index (χ0v) is 17.6. The molecule has 2 aromatic carbocycles. The lowest BCUT2D eigenvalue weighted by Gasteiger charge is -2.32. The summed E-state index contributed by atoms with van der Waals surface area (Å²) in [5, 5.41) is 4.19. The Hall–Kier alpha value is -2.66. The monoisotopic (exact) mass is 407 g/mol. The van der Waals surface area contributed by atoms with Gasteiger partial charge in [0.2, 0.25) is 5.91 Å². The second kappa shape index (κ2) is 9.43. The molecule has 1 N–H and O–H groups in total. The molecule has 0 radical (unpaired) electrons. The number of aromatic nitrogens is 1. The Bertz CT molecular complexity index is 1010. The Morgan fingerprint density at radius 1 is 1.13 bits per heavy atom. The van der Waals surface area contributed by atoms with Gasteiger partial charge in [-0.3, -0.25) is 9.69 Å². The number of aryl methyl sites for hydroxylation is 1. The smallest absolute Gasteiger partial charge is 0.220 e. The highest BCUT2D eigenvalue weighted by Crippen LogP contribution is 2.26. The fourth-order valence-corrected chi connectivity index (χ4v) is 4.58. The molecule has 0 aliphatic carbocycles. The summed E-state index contributed by atoms with van der Waals surface area (Å²) in [7, 11) is 2.10. The highest BCUT2D eigenvalue weighted by Gasteiger charge is 2.21. The molecule has 158 valence electrons. The van der Waals surface area contributed by atoms with E-state index < -0.39 is 0 Å². The minimum atomic E-state index is -0.269. The Kier molecular flexibility index (Phi) is 6.48. The Morgan fingerprint density at radius 2 is 1.93 bits per heavy atom. The maximum atomic E-state index is 13.7. The number of nitrogens with zero attached hydrogens (tertiary/aromatic N) is 2. The fraction of sp³-hybridized carbons (Fsp3) is 0.400. The second-order valence-corrected chi connectivity index (χ2v) is 8.43. The van der Waals surface area contributed by atoms with Gasteiger partial charge in [-0.15, -0.1) is 0 Å². The topological polar surface area (TPSA) is 37.3 Å². The van der Waals surface area contributed by atoms with Crippen LogP contribution in [-0.2, 0) is 24.9 Å². The second-order valence-electron chi connectivity index (χ2n) is 8.43. The van der Waals surface area contributed by atoms with Gasteiger partial charge in [-0.05, 0) is 49.4 Å². The van der Waals surface area contributed by atoms with Crippen molar-refractivity contribution in [2.24, 2.45) is 13.0 Å². The van der Waals surface area contributed by atoms with E-state index in [1.54, 1.807) is 18.2 Å². The number of benzene rings is 2. The molecule has 1 aliphatic rings. The zero-order valence-electron chi connectivity index (χ0n) is 17.6. The number of halogens is 1. The van der Waals surface area contributed by atoms with Gasteiger partial charge in [-0.1, -0.05) is 36.4 Å². The number of rotatable bonds is 7. The number of para-hydroxylation sites is 1. The molecule has 1 saturated heterocycles. The standard InChI is InChI=1S/C25H30FN3O/c1-28-17-21(22-9-3-5-11-24(22)28)18-29-14-6-7-19(16-29)12-13-25(30)27-15-20-8-2-4-10-23(20)26/h2-5,8-11,17,19H,6-7,12-16,18H2,1H3,(H,27,30)/t19-/m1/s1. The summed E-state index contributed by atoms with van der Waals surface area (Å²) in [4.78, 5) is 14.8. The molecule has 1 atom stereocenters. The van der Waals surface area contributed by atoms with Crippen LogP contribution in [0.5, 0.6) is 0 Å². The number of carbonyl (C=O) groups excluding carboxylic acids is 1. The van der Waals surface area contributed by atoms with Crippen molar-refractivity contribution in [1.29, 1.82) is 0 Å². The molecule has 0 unspecified atom stereocenters. The van der Waals surface area contributed by atoms with Crippen LogP contribution in [0.1, 0.15) is 36.8 Å². The van der Waals surface area contributed by atoms with Crippen LogP contribution in [0.2, 0.25) is 0 Å². The van der Waals surface area contributed by atoms with Crippen molar-refractivity contribution in [1.82, 2.24) is 14.8 Å². The average Bonchev–Trinajstić information content (AvgIpc) is 3.07. The molecular formula is C25H30FN3O. The van der Waals surface area contributed by atoms with E-state index >= 15 is 0 Å². The van der Waals surface area contributed by atoms with Crippen molar-refractivity contribution in [3.8, 4) is 0 Å². The van der Waals surface area contributed by atoms with Crippen molar-refractivity contribution in [2.45, 2.75) is 38.8 Å². The van der Waals surface area contributed by atoms with E-state index in [1.165, 1.54) is 35.4 Å². The highest BCUT2D eigenvalue weighted by molar-refractivity contribution is 5.83. The Balaban J connectivity index is 1.27. The molecule has 4 rings (SSSR count). The predicted octanol–water partition coefficient (Wildman–Crippen LogP) is 4.63. The molecule has 0 spiro atoms. The molecular weight excluding hydrogens is 377 g/mol. The summed E-state index contributed by atoms with van der Waals surface area (Å²) in [6.45, 7) is 3.35. The number of likely N-dealkylation sites (tertiary alicyclic amines) is 1. The van der Waals surface area contributed by atoms with E-state index in [0.717, 1.165) is 26.1 Å². The van der Waals surface area contributed by atoms with Crippen LogP contribution in [0.15, 0.2) is 54.7 Å². The van der Waals surface area contributed by atoms with Gasteiger partial charge in [0.25, 0.3) is 0 Å². The van der Waals surface area contributed by atoms with Gasteiger partial charge < -0.3 is 9.88 Å². The lowest BCUT2D eigenvalue weighted by molar-refractivity contribution is -0.121. The van der Waals surface area contributed by atoms with E-state index in [1.807, 2.05) is 0 Å². The maximum Gasteiger partial charge on any atom is 0.220 e. The molecule has 0 saturated carbocycles. The number of nitrogens with one attached hydrogen (secondary N) is 1. The molecule has 1 fully saturated rings. The number of carbonyl (C=O) groups is 1. The first-order valence-corrected chi connectivity index (χ1v) is 10.9.